The van der Waals surface area contributed by atoms with E-state index in [1.165, 1.54) is 12.5 Å². The Hall–Kier alpha value is -1.58. The lowest BCUT2D eigenvalue weighted by Gasteiger charge is -2.32. The van der Waals surface area contributed by atoms with Gasteiger partial charge in [-0.3, -0.25) is 4.79 Å². The highest BCUT2D eigenvalue weighted by Crippen LogP contribution is 2.29. The Bertz CT molecular complexity index is 479. The summed E-state index contributed by atoms with van der Waals surface area (Å²) in [5.41, 5.74) is 0.639. The van der Waals surface area contributed by atoms with Crippen molar-refractivity contribution in [2.24, 2.45) is 11.8 Å². The number of carbonyl (C=O) groups excluding carboxylic acids is 1. The van der Waals surface area contributed by atoms with Crippen molar-refractivity contribution in [3.63, 3.8) is 0 Å². The molecule has 0 heterocycles. The Morgan fingerprint density at radius 2 is 1.85 bits per heavy atom. The molecule has 0 aromatic heterocycles. The van der Waals surface area contributed by atoms with Crippen LogP contribution in [0.5, 0.6) is 0 Å². The predicted octanol–water partition coefficient (Wildman–Crippen LogP) is 3.42. The fourth-order valence-electron chi connectivity index (χ4n) is 3.30. The van der Waals surface area contributed by atoms with Gasteiger partial charge in [-0.05, 0) is 43.2 Å². The van der Waals surface area contributed by atoms with Gasteiger partial charge in [0.15, 0.2) is 0 Å². The van der Waals surface area contributed by atoms with E-state index in [4.69, 9.17) is 0 Å². The summed E-state index contributed by atoms with van der Waals surface area (Å²) in [7, 11) is 1.62. The number of carbonyl (C=O) groups is 1. The standard InChI is InChI=1S/C16H23FN2O/c1-10-7-11(2)9-12(8-10)19-16(20)13-5-4-6-14(17)15(13)18-3/h4-6,10-12,18H,7-9H2,1-3H3,(H,19,20). The van der Waals surface area contributed by atoms with Crippen LogP contribution in [0.15, 0.2) is 18.2 Å². The molecule has 2 unspecified atom stereocenters. The van der Waals surface area contributed by atoms with Crippen LogP contribution >= 0.6 is 0 Å². The molecular formula is C16H23FN2O. The highest BCUT2D eigenvalue weighted by molar-refractivity contribution is 5.99. The number of rotatable bonds is 3. The molecule has 2 rings (SSSR count). The van der Waals surface area contributed by atoms with Gasteiger partial charge >= 0.3 is 0 Å². The first-order chi connectivity index (χ1) is 9.51. The van der Waals surface area contributed by atoms with E-state index in [1.807, 2.05) is 0 Å². The molecule has 1 amide bonds. The minimum absolute atomic E-state index is 0.189. The Morgan fingerprint density at radius 3 is 2.45 bits per heavy atom. The molecule has 2 N–H and O–H groups in total. The van der Waals surface area contributed by atoms with Crippen LogP contribution in [0.25, 0.3) is 0 Å². The lowest BCUT2D eigenvalue weighted by molar-refractivity contribution is 0.0911. The minimum atomic E-state index is -0.398. The van der Waals surface area contributed by atoms with Crippen LogP contribution in [0.1, 0.15) is 43.5 Å². The van der Waals surface area contributed by atoms with E-state index in [9.17, 15) is 9.18 Å². The van der Waals surface area contributed by atoms with Crippen LogP contribution in [0, 0.1) is 17.7 Å². The highest BCUT2D eigenvalue weighted by atomic mass is 19.1. The normalized spacial score (nSPS) is 26.1. The summed E-state index contributed by atoms with van der Waals surface area (Å²) in [6.45, 7) is 4.44. The molecule has 4 heteroatoms. The zero-order chi connectivity index (χ0) is 14.7. The van der Waals surface area contributed by atoms with Crippen LogP contribution in [-0.2, 0) is 0 Å². The summed E-state index contributed by atoms with van der Waals surface area (Å²) in [4.78, 5) is 12.3. The number of halogens is 1. The lowest BCUT2D eigenvalue weighted by atomic mass is 9.80. The molecule has 1 aromatic rings. The Labute approximate surface area is 120 Å². The molecular weight excluding hydrogens is 255 g/mol. The molecule has 1 aliphatic rings. The van der Waals surface area contributed by atoms with Crippen molar-refractivity contribution < 1.29 is 9.18 Å². The molecule has 0 radical (unpaired) electrons. The van der Waals surface area contributed by atoms with E-state index in [0.29, 0.717) is 17.4 Å². The molecule has 1 fully saturated rings. The van der Waals surface area contributed by atoms with Gasteiger partial charge in [0.2, 0.25) is 0 Å². The van der Waals surface area contributed by atoms with Crippen LogP contribution in [0.3, 0.4) is 0 Å². The molecule has 0 saturated heterocycles. The fraction of sp³-hybridized carbons (Fsp3) is 0.562. The van der Waals surface area contributed by atoms with Crippen LogP contribution in [0.4, 0.5) is 10.1 Å². The quantitative estimate of drug-likeness (QED) is 0.889. The number of hydrogen-bond acceptors (Lipinski definition) is 2. The van der Waals surface area contributed by atoms with Crippen molar-refractivity contribution in [2.75, 3.05) is 12.4 Å². The molecule has 0 spiro atoms. The summed E-state index contributed by atoms with van der Waals surface area (Å²) in [5.74, 6) is 0.659. The number of anilines is 1. The third-order valence-electron chi connectivity index (χ3n) is 4.02. The average molecular weight is 278 g/mol. The van der Waals surface area contributed by atoms with E-state index in [-0.39, 0.29) is 17.6 Å². The van der Waals surface area contributed by atoms with Crippen molar-refractivity contribution in [2.45, 2.75) is 39.2 Å². The monoisotopic (exact) mass is 278 g/mol. The largest absolute Gasteiger partial charge is 0.385 e. The summed E-state index contributed by atoms with van der Waals surface area (Å²) in [6.07, 6.45) is 3.22. The molecule has 0 bridgehead atoms. The number of nitrogens with one attached hydrogen (secondary N) is 2. The first-order valence-corrected chi connectivity index (χ1v) is 7.28. The van der Waals surface area contributed by atoms with Gasteiger partial charge in [-0.15, -0.1) is 0 Å². The summed E-state index contributed by atoms with van der Waals surface area (Å²) in [5, 5.41) is 5.82. The lowest BCUT2D eigenvalue weighted by Crippen LogP contribution is -2.40. The molecule has 20 heavy (non-hydrogen) atoms. The number of hydrogen-bond donors (Lipinski definition) is 2. The SMILES string of the molecule is CNc1c(F)cccc1C(=O)NC1CC(C)CC(C)C1. The molecule has 1 aliphatic carbocycles. The molecule has 1 saturated carbocycles. The summed E-state index contributed by atoms with van der Waals surface area (Å²) in [6, 6.07) is 4.76. The topological polar surface area (TPSA) is 41.1 Å². The predicted molar refractivity (Wildman–Crippen MR) is 79.4 cm³/mol. The van der Waals surface area contributed by atoms with Crippen molar-refractivity contribution in [1.82, 2.24) is 5.32 Å². The van der Waals surface area contributed by atoms with E-state index in [2.05, 4.69) is 24.5 Å². The Morgan fingerprint density at radius 1 is 1.20 bits per heavy atom. The molecule has 110 valence electrons. The molecule has 0 aliphatic heterocycles. The van der Waals surface area contributed by atoms with Gasteiger partial charge in [0.1, 0.15) is 5.82 Å². The Balaban J connectivity index is 2.10. The zero-order valence-electron chi connectivity index (χ0n) is 12.4. The van der Waals surface area contributed by atoms with Gasteiger partial charge in [0.25, 0.3) is 5.91 Å². The second-order valence-corrected chi connectivity index (χ2v) is 6.00. The summed E-state index contributed by atoms with van der Waals surface area (Å²) < 4.78 is 13.7. The van der Waals surface area contributed by atoms with Gasteiger partial charge in [-0.1, -0.05) is 19.9 Å². The van der Waals surface area contributed by atoms with E-state index < -0.39 is 5.82 Å². The highest BCUT2D eigenvalue weighted by Gasteiger charge is 2.26. The molecule has 1 aromatic carbocycles. The van der Waals surface area contributed by atoms with Gasteiger partial charge in [0, 0.05) is 13.1 Å². The first kappa shape index (κ1) is 14.8. The summed E-state index contributed by atoms with van der Waals surface area (Å²) >= 11 is 0. The van der Waals surface area contributed by atoms with Gasteiger partial charge in [-0.25, -0.2) is 4.39 Å². The maximum Gasteiger partial charge on any atom is 0.253 e. The average Bonchev–Trinajstić information content (AvgIpc) is 2.37. The second kappa shape index (κ2) is 6.25. The van der Waals surface area contributed by atoms with Gasteiger partial charge in [-0.2, -0.15) is 0 Å². The Kier molecular flexibility index (Phi) is 4.63. The van der Waals surface area contributed by atoms with Crippen LogP contribution in [0.2, 0.25) is 0 Å². The molecule has 3 nitrogen and oxygen atoms in total. The van der Waals surface area contributed by atoms with Crippen molar-refractivity contribution in [3.05, 3.63) is 29.6 Å². The number of amides is 1. The van der Waals surface area contributed by atoms with Crippen LogP contribution in [-0.4, -0.2) is 19.0 Å². The number of benzene rings is 1. The maximum absolute atomic E-state index is 13.7. The second-order valence-electron chi connectivity index (χ2n) is 6.00. The van der Waals surface area contributed by atoms with Crippen molar-refractivity contribution >= 4 is 11.6 Å². The van der Waals surface area contributed by atoms with E-state index >= 15 is 0 Å². The van der Waals surface area contributed by atoms with Crippen LogP contribution < -0.4 is 10.6 Å². The zero-order valence-corrected chi connectivity index (χ0v) is 12.4. The third-order valence-corrected chi connectivity index (χ3v) is 4.02. The minimum Gasteiger partial charge on any atom is -0.385 e. The maximum atomic E-state index is 13.7. The van der Waals surface area contributed by atoms with Gasteiger partial charge < -0.3 is 10.6 Å². The third kappa shape index (κ3) is 3.30. The van der Waals surface area contributed by atoms with E-state index in [1.54, 1.807) is 19.2 Å². The smallest absolute Gasteiger partial charge is 0.253 e. The molecule has 2 atom stereocenters. The van der Waals surface area contributed by atoms with Crippen molar-refractivity contribution in [3.8, 4) is 0 Å². The number of para-hydroxylation sites is 1. The first-order valence-electron chi connectivity index (χ1n) is 7.28. The van der Waals surface area contributed by atoms with Gasteiger partial charge in [0.05, 0.1) is 11.3 Å². The van der Waals surface area contributed by atoms with Crippen molar-refractivity contribution in [1.29, 1.82) is 0 Å². The van der Waals surface area contributed by atoms with E-state index in [0.717, 1.165) is 12.8 Å². The fourth-order valence-corrected chi connectivity index (χ4v) is 3.30.